The summed E-state index contributed by atoms with van der Waals surface area (Å²) >= 11 is 0. The van der Waals surface area contributed by atoms with E-state index in [4.69, 9.17) is 5.11 Å². The highest BCUT2D eigenvalue weighted by atomic mass is 16.4. The summed E-state index contributed by atoms with van der Waals surface area (Å²) in [4.78, 5) is 23.6. The van der Waals surface area contributed by atoms with E-state index in [2.05, 4.69) is 0 Å². The molecule has 15 heavy (non-hydrogen) atoms. The highest BCUT2D eigenvalue weighted by molar-refractivity contribution is 6.31. The Bertz CT molecular complexity index is 222. The van der Waals surface area contributed by atoms with E-state index in [1.807, 2.05) is 27.7 Å². The molecule has 1 amide bonds. The van der Waals surface area contributed by atoms with Crippen molar-refractivity contribution in [3.05, 3.63) is 0 Å². The lowest BCUT2D eigenvalue weighted by molar-refractivity contribution is -0.157. The van der Waals surface area contributed by atoms with Gasteiger partial charge in [0.15, 0.2) is 0 Å². The van der Waals surface area contributed by atoms with E-state index in [0.717, 1.165) is 12.8 Å². The molecule has 0 aliphatic rings. The second kappa shape index (κ2) is 6.43. The molecule has 0 unspecified atom stereocenters. The Morgan fingerprint density at radius 1 is 1.20 bits per heavy atom. The fourth-order valence-electron chi connectivity index (χ4n) is 1.64. The summed E-state index contributed by atoms with van der Waals surface area (Å²) in [5.41, 5.74) is 0. The lowest BCUT2D eigenvalue weighted by Gasteiger charge is -2.30. The fourth-order valence-corrected chi connectivity index (χ4v) is 1.64. The largest absolute Gasteiger partial charge is 0.474 e. The molecule has 0 radical (unpaired) electrons. The van der Waals surface area contributed by atoms with E-state index in [1.165, 1.54) is 4.90 Å². The standard InChI is InChI=1S/C11H21NO3/c1-5-9(6-2)12(7-8(3)4)10(13)11(14)15/h8-9H,5-7H2,1-4H3,(H,14,15). The quantitative estimate of drug-likeness (QED) is 0.711. The van der Waals surface area contributed by atoms with Gasteiger partial charge in [-0.15, -0.1) is 0 Å². The number of carboxylic acids is 1. The van der Waals surface area contributed by atoms with Crippen LogP contribution in [0.1, 0.15) is 40.5 Å². The number of carboxylic acid groups (broad SMARTS) is 1. The molecule has 4 nitrogen and oxygen atoms in total. The van der Waals surface area contributed by atoms with Crippen LogP contribution in [0.25, 0.3) is 0 Å². The molecule has 0 aromatic carbocycles. The Balaban J connectivity index is 4.70. The number of aliphatic carboxylic acids is 1. The molecule has 4 heteroatoms. The average molecular weight is 215 g/mol. The number of carbonyl (C=O) groups is 2. The van der Waals surface area contributed by atoms with Crippen LogP contribution in [0, 0.1) is 5.92 Å². The van der Waals surface area contributed by atoms with E-state index in [1.54, 1.807) is 0 Å². The third-order valence-electron chi connectivity index (χ3n) is 2.39. The van der Waals surface area contributed by atoms with Gasteiger partial charge < -0.3 is 10.0 Å². The minimum atomic E-state index is -1.36. The Morgan fingerprint density at radius 3 is 1.93 bits per heavy atom. The summed E-state index contributed by atoms with van der Waals surface area (Å²) in [6.45, 7) is 8.40. The van der Waals surface area contributed by atoms with Crippen LogP contribution >= 0.6 is 0 Å². The van der Waals surface area contributed by atoms with Crippen molar-refractivity contribution in [2.24, 2.45) is 5.92 Å². The first-order valence-electron chi connectivity index (χ1n) is 5.47. The Hall–Kier alpha value is -1.06. The predicted octanol–water partition coefficient (Wildman–Crippen LogP) is 1.74. The van der Waals surface area contributed by atoms with E-state index >= 15 is 0 Å². The van der Waals surface area contributed by atoms with Crippen molar-refractivity contribution in [1.29, 1.82) is 0 Å². The maximum atomic E-state index is 11.5. The van der Waals surface area contributed by atoms with E-state index in [9.17, 15) is 9.59 Å². The summed E-state index contributed by atoms with van der Waals surface area (Å²) in [5, 5.41) is 8.71. The third kappa shape index (κ3) is 4.32. The zero-order valence-electron chi connectivity index (χ0n) is 9.99. The molecule has 0 saturated carbocycles. The lowest BCUT2D eigenvalue weighted by Crippen LogP contribution is -2.45. The van der Waals surface area contributed by atoms with E-state index in [0.29, 0.717) is 6.54 Å². The summed E-state index contributed by atoms with van der Waals surface area (Å²) < 4.78 is 0. The minimum absolute atomic E-state index is 0.0380. The van der Waals surface area contributed by atoms with Gasteiger partial charge >= 0.3 is 11.9 Å². The smallest absolute Gasteiger partial charge is 0.394 e. The lowest BCUT2D eigenvalue weighted by atomic mass is 10.1. The van der Waals surface area contributed by atoms with Crippen LogP contribution in [-0.2, 0) is 9.59 Å². The van der Waals surface area contributed by atoms with Gasteiger partial charge in [0, 0.05) is 12.6 Å². The van der Waals surface area contributed by atoms with Crippen molar-refractivity contribution in [3.8, 4) is 0 Å². The number of carbonyl (C=O) groups excluding carboxylic acids is 1. The molecule has 0 spiro atoms. The van der Waals surface area contributed by atoms with Gasteiger partial charge in [0.05, 0.1) is 0 Å². The van der Waals surface area contributed by atoms with E-state index in [-0.39, 0.29) is 12.0 Å². The molecule has 0 fully saturated rings. The van der Waals surface area contributed by atoms with Gasteiger partial charge in [-0.2, -0.15) is 0 Å². The first kappa shape index (κ1) is 13.9. The number of hydrogen-bond acceptors (Lipinski definition) is 2. The maximum Gasteiger partial charge on any atom is 0.394 e. The molecule has 0 atom stereocenters. The maximum absolute atomic E-state index is 11.5. The van der Waals surface area contributed by atoms with Crippen molar-refractivity contribution in [3.63, 3.8) is 0 Å². The molecule has 0 aromatic heterocycles. The normalized spacial score (nSPS) is 10.8. The van der Waals surface area contributed by atoms with Crippen LogP contribution in [0.3, 0.4) is 0 Å². The van der Waals surface area contributed by atoms with Crippen molar-refractivity contribution >= 4 is 11.9 Å². The number of rotatable bonds is 5. The predicted molar refractivity (Wildman–Crippen MR) is 58.6 cm³/mol. The molecule has 0 aromatic rings. The Kier molecular flexibility index (Phi) is 5.97. The van der Waals surface area contributed by atoms with Gasteiger partial charge in [0.2, 0.25) is 0 Å². The molecule has 0 saturated heterocycles. The minimum Gasteiger partial charge on any atom is -0.474 e. The van der Waals surface area contributed by atoms with Crippen LogP contribution in [0.15, 0.2) is 0 Å². The zero-order chi connectivity index (χ0) is 12.0. The van der Waals surface area contributed by atoms with Gasteiger partial charge in [-0.1, -0.05) is 27.7 Å². The molecule has 1 N–H and O–H groups in total. The topological polar surface area (TPSA) is 57.6 Å². The van der Waals surface area contributed by atoms with Crippen LogP contribution in [0.2, 0.25) is 0 Å². The second-order valence-electron chi connectivity index (χ2n) is 4.13. The second-order valence-corrected chi connectivity index (χ2v) is 4.13. The summed E-state index contributed by atoms with van der Waals surface area (Å²) in [7, 11) is 0. The van der Waals surface area contributed by atoms with Gasteiger partial charge in [-0.25, -0.2) is 4.79 Å². The fraction of sp³-hybridized carbons (Fsp3) is 0.818. The van der Waals surface area contributed by atoms with Crippen LogP contribution in [0.4, 0.5) is 0 Å². The molecule has 0 aliphatic heterocycles. The SMILES string of the molecule is CCC(CC)N(CC(C)C)C(=O)C(=O)O. The van der Waals surface area contributed by atoms with Crippen LogP contribution < -0.4 is 0 Å². The highest BCUT2D eigenvalue weighted by Crippen LogP contribution is 2.11. The van der Waals surface area contributed by atoms with Gasteiger partial charge in [0.25, 0.3) is 0 Å². The molecular weight excluding hydrogens is 194 g/mol. The summed E-state index contributed by atoms with van der Waals surface area (Å²) in [6, 6.07) is 0.0380. The molecule has 88 valence electrons. The van der Waals surface area contributed by atoms with Gasteiger partial charge in [-0.3, -0.25) is 4.79 Å². The average Bonchev–Trinajstić information content (AvgIpc) is 2.16. The summed E-state index contributed by atoms with van der Waals surface area (Å²) in [5.74, 6) is -1.85. The number of hydrogen-bond donors (Lipinski definition) is 1. The van der Waals surface area contributed by atoms with Gasteiger partial charge in [0.1, 0.15) is 0 Å². The molecule has 0 rings (SSSR count). The van der Waals surface area contributed by atoms with Crippen LogP contribution in [0.5, 0.6) is 0 Å². The van der Waals surface area contributed by atoms with Crippen LogP contribution in [-0.4, -0.2) is 34.5 Å². The van der Waals surface area contributed by atoms with Gasteiger partial charge in [-0.05, 0) is 18.8 Å². The first-order chi connectivity index (χ1) is 6.93. The Morgan fingerprint density at radius 2 is 1.67 bits per heavy atom. The van der Waals surface area contributed by atoms with Crippen molar-refractivity contribution in [2.45, 2.75) is 46.6 Å². The zero-order valence-corrected chi connectivity index (χ0v) is 9.99. The summed E-state index contributed by atoms with van der Waals surface area (Å²) in [6.07, 6.45) is 1.59. The Labute approximate surface area is 91.3 Å². The van der Waals surface area contributed by atoms with Crippen molar-refractivity contribution < 1.29 is 14.7 Å². The monoisotopic (exact) mass is 215 g/mol. The van der Waals surface area contributed by atoms with E-state index < -0.39 is 11.9 Å². The molecular formula is C11H21NO3. The third-order valence-corrected chi connectivity index (χ3v) is 2.39. The van der Waals surface area contributed by atoms with Crippen molar-refractivity contribution in [1.82, 2.24) is 4.90 Å². The first-order valence-corrected chi connectivity index (χ1v) is 5.47. The van der Waals surface area contributed by atoms with Crippen molar-refractivity contribution in [2.75, 3.05) is 6.54 Å². The molecule has 0 bridgehead atoms. The number of amides is 1. The highest BCUT2D eigenvalue weighted by Gasteiger charge is 2.26. The molecule has 0 aliphatic carbocycles. The number of nitrogens with zero attached hydrogens (tertiary/aromatic N) is 1. The molecule has 0 heterocycles.